The molecule has 186 valence electrons. The molecule has 0 radical (unpaired) electrons. The van der Waals surface area contributed by atoms with Crippen molar-refractivity contribution < 1.29 is 32.6 Å². The minimum atomic E-state index is -2.99. The van der Waals surface area contributed by atoms with E-state index in [1.165, 1.54) is 35.2 Å². The molecular weight excluding hydrogens is 470 g/mol. The van der Waals surface area contributed by atoms with Crippen LogP contribution >= 0.6 is 0 Å². The lowest BCUT2D eigenvalue weighted by Gasteiger charge is -2.19. The molecule has 7 nitrogen and oxygen atoms in total. The molecule has 0 bridgehead atoms. The molecule has 0 saturated heterocycles. The van der Waals surface area contributed by atoms with E-state index in [1.54, 1.807) is 20.0 Å². The molecule has 36 heavy (non-hydrogen) atoms. The summed E-state index contributed by atoms with van der Waals surface area (Å²) in [7, 11) is 1.58. The number of ether oxygens (including phenoxy) is 2. The van der Waals surface area contributed by atoms with Crippen LogP contribution in [0.3, 0.4) is 0 Å². The Labute approximate surface area is 206 Å². The van der Waals surface area contributed by atoms with E-state index in [4.69, 9.17) is 4.74 Å². The molecule has 4 rings (SSSR count). The van der Waals surface area contributed by atoms with Crippen molar-refractivity contribution in [1.29, 1.82) is 0 Å². The van der Waals surface area contributed by atoms with Gasteiger partial charge >= 0.3 is 6.61 Å². The van der Waals surface area contributed by atoms with E-state index in [-0.39, 0.29) is 53.8 Å². The van der Waals surface area contributed by atoms with Crippen LogP contribution in [0.1, 0.15) is 49.1 Å². The predicted octanol–water partition coefficient (Wildman–Crippen LogP) is 4.76. The number of carbonyl (C=O) groups is 3. The number of rotatable bonds is 9. The number of imide groups is 1. The summed E-state index contributed by atoms with van der Waals surface area (Å²) in [5.74, 6) is -1.17. The third-order valence-corrected chi connectivity index (χ3v) is 5.69. The molecule has 0 atom stereocenters. The maximum absolute atomic E-state index is 13.1. The molecule has 0 N–H and O–H groups in total. The standard InChI is InChI=1S/C27H24F2N2O5/c1-3-35-23-13-18(9-12-22(23)36-27(28)29)15-30(2)24(32)19-10-11-20-21(14-19)26(34)31(25(20)33)16-17-7-5-4-6-8-17/h4-14,27H,3,15-16H2,1-2H3. The Morgan fingerprint density at radius 3 is 2.33 bits per heavy atom. The molecule has 9 heteroatoms. The Bertz CT molecular complexity index is 1300. The minimum absolute atomic E-state index is 0.0913. The lowest BCUT2D eigenvalue weighted by Crippen LogP contribution is -2.29. The first-order valence-electron chi connectivity index (χ1n) is 11.3. The molecule has 0 saturated carbocycles. The summed E-state index contributed by atoms with van der Waals surface area (Å²) in [6.07, 6.45) is 0. The molecule has 0 spiro atoms. The highest BCUT2D eigenvalue weighted by molar-refractivity contribution is 6.22. The highest BCUT2D eigenvalue weighted by Gasteiger charge is 2.36. The number of nitrogens with zero attached hydrogens (tertiary/aromatic N) is 2. The van der Waals surface area contributed by atoms with Gasteiger partial charge in [-0.05, 0) is 48.4 Å². The topological polar surface area (TPSA) is 76.2 Å². The Morgan fingerprint density at radius 2 is 1.64 bits per heavy atom. The zero-order chi connectivity index (χ0) is 25.8. The van der Waals surface area contributed by atoms with Crippen molar-refractivity contribution in [3.63, 3.8) is 0 Å². The lowest BCUT2D eigenvalue weighted by atomic mass is 10.0. The van der Waals surface area contributed by atoms with Crippen LogP contribution in [-0.2, 0) is 13.1 Å². The maximum Gasteiger partial charge on any atom is 0.387 e. The number of amides is 3. The summed E-state index contributed by atoms with van der Waals surface area (Å²) >= 11 is 0. The van der Waals surface area contributed by atoms with Crippen LogP contribution < -0.4 is 9.47 Å². The number of carbonyl (C=O) groups excluding carboxylic acids is 3. The Kier molecular flexibility index (Phi) is 7.28. The number of benzene rings is 3. The molecule has 3 amide bonds. The van der Waals surface area contributed by atoms with E-state index in [1.807, 2.05) is 30.3 Å². The summed E-state index contributed by atoms with van der Waals surface area (Å²) < 4.78 is 35.2. The van der Waals surface area contributed by atoms with Gasteiger partial charge in [-0.15, -0.1) is 0 Å². The highest BCUT2D eigenvalue weighted by atomic mass is 19.3. The van der Waals surface area contributed by atoms with Crippen molar-refractivity contribution >= 4 is 17.7 Å². The second kappa shape index (κ2) is 10.6. The van der Waals surface area contributed by atoms with E-state index in [0.29, 0.717) is 5.56 Å². The van der Waals surface area contributed by atoms with Crippen LogP contribution in [0, 0.1) is 0 Å². The van der Waals surface area contributed by atoms with Gasteiger partial charge in [0.25, 0.3) is 17.7 Å². The van der Waals surface area contributed by atoms with Crippen molar-refractivity contribution in [2.24, 2.45) is 0 Å². The van der Waals surface area contributed by atoms with Crippen molar-refractivity contribution in [3.05, 3.63) is 94.5 Å². The van der Waals surface area contributed by atoms with Crippen LogP contribution in [0.4, 0.5) is 8.78 Å². The predicted molar refractivity (Wildman–Crippen MR) is 127 cm³/mol. The third kappa shape index (κ3) is 5.19. The molecule has 0 unspecified atom stereocenters. The summed E-state index contributed by atoms with van der Waals surface area (Å²) in [4.78, 5) is 41.4. The molecule has 1 heterocycles. The Balaban J connectivity index is 1.50. The van der Waals surface area contributed by atoms with Crippen molar-refractivity contribution in [3.8, 4) is 11.5 Å². The molecule has 0 fully saturated rings. The van der Waals surface area contributed by atoms with Crippen LogP contribution in [-0.4, -0.2) is 47.8 Å². The van der Waals surface area contributed by atoms with E-state index in [2.05, 4.69) is 4.74 Å². The zero-order valence-corrected chi connectivity index (χ0v) is 19.7. The first-order chi connectivity index (χ1) is 17.3. The zero-order valence-electron chi connectivity index (χ0n) is 19.7. The lowest BCUT2D eigenvalue weighted by molar-refractivity contribution is -0.0514. The van der Waals surface area contributed by atoms with Crippen LogP contribution in [0.15, 0.2) is 66.7 Å². The number of fused-ring (bicyclic) bond motifs is 1. The number of halogens is 2. The number of hydrogen-bond acceptors (Lipinski definition) is 5. The SMILES string of the molecule is CCOc1cc(CN(C)C(=O)c2ccc3c(c2)C(=O)N(Cc2ccccc2)C3=O)ccc1OC(F)F. The van der Waals surface area contributed by atoms with Crippen molar-refractivity contribution in [1.82, 2.24) is 9.80 Å². The minimum Gasteiger partial charge on any atom is -0.490 e. The van der Waals surface area contributed by atoms with Gasteiger partial charge < -0.3 is 14.4 Å². The van der Waals surface area contributed by atoms with Gasteiger partial charge in [0.15, 0.2) is 11.5 Å². The van der Waals surface area contributed by atoms with Gasteiger partial charge in [-0.3, -0.25) is 19.3 Å². The average molecular weight is 494 g/mol. The highest BCUT2D eigenvalue weighted by Crippen LogP contribution is 2.31. The van der Waals surface area contributed by atoms with Crippen LogP contribution in [0.25, 0.3) is 0 Å². The summed E-state index contributed by atoms with van der Waals surface area (Å²) in [6, 6.07) is 18.1. The second-order valence-electron chi connectivity index (χ2n) is 8.20. The van der Waals surface area contributed by atoms with Gasteiger partial charge in [0.05, 0.1) is 24.3 Å². The molecule has 3 aromatic rings. The van der Waals surface area contributed by atoms with Gasteiger partial charge in [-0.2, -0.15) is 8.78 Å². The van der Waals surface area contributed by atoms with Crippen LogP contribution in [0.5, 0.6) is 11.5 Å². The smallest absolute Gasteiger partial charge is 0.387 e. The van der Waals surface area contributed by atoms with Gasteiger partial charge in [0.1, 0.15) is 0 Å². The molecule has 1 aliphatic rings. The van der Waals surface area contributed by atoms with Gasteiger partial charge in [-0.1, -0.05) is 36.4 Å². The number of hydrogen-bond donors (Lipinski definition) is 0. The summed E-state index contributed by atoms with van der Waals surface area (Å²) in [6.45, 7) is -0.727. The first-order valence-corrected chi connectivity index (χ1v) is 11.3. The van der Waals surface area contributed by atoms with E-state index < -0.39 is 18.4 Å². The molecule has 0 aliphatic carbocycles. The average Bonchev–Trinajstić information content (AvgIpc) is 3.10. The maximum atomic E-state index is 13.1. The fraction of sp³-hybridized carbons (Fsp3) is 0.222. The van der Waals surface area contributed by atoms with Crippen molar-refractivity contribution in [2.45, 2.75) is 26.6 Å². The van der Waals surface area contributed by atoms with E-state index >= 15 is 0 Å². The van der Waals surface area contributed by atoms with Crippen molar-refractivity contribution in [2.75, 3.05) is 13.7 Å². The van der Waals surface area contributed by atoms with E-state index in [0.717, 1.165) is 10.5 Å². The Hall–Kier alpha value is -4.27. The Morgan fingerprint density at radius 1 is 0.917 bits per heavy atom. The molecular formula is C27H24F2N2O5. The monoisotopic (exact) mass is 494 g/mol. The fourth-order valence-electron chi connectivity index (χ4n) is 4.01. The fourth-order valence-corrected chi connectivity index (χ4v) is 4.01. The normalized spacial score (nSPS) is 12.6. The largest absolute Gasteiger partial charge is 0.490 e. The third-order valence-electron chi connectivity index (χ3n) is 5.69. The summed E-state index contributed by atoms with van der Waals surface area (Å²) in [5.41, 5.74) is 2.15. The van der Waals surface area contributed by atoms with E-state index in [9.17, 15) is 23.2 Å². The first kappa shape index (κ1) is 24.8. The molecule has 1 aliphatic heterocycles. The van der Waals surface area contributed by atoms with Crippen LogP contribution in [0.2, 0.25) is 0 Å². The quantitative estimate of drug-likeness (QED) is 0.401. The number of alkyl halides is 2. The van der Waals surface area contributed by atoms with Gasteiger partial charge in [0.2, 0.25) is 0 Å². The summed E-state index contributed by atoms with van der Waals surface area (Å²) in [5, 5.41) is 0. The van der Waals surface area contributed by atoms with Gasteiger partial charge in [-0.25, -0.2) is 0 Å². The second-order valence-corrected chi connectivity index (χ2v) is 8.20. The molecule has 0 aromatic heterocycles. The van der Waals surface area contributed by atoms with Gasteiger partial charge in [0, 0.05) is 19.2 Å². The molecule has 3 aromatic carbocycles.